The van der Waals surface area contributed by atoms with Crippen LogP contribution in [0.3, 0.4) is 0 Å². The Labute approximate surface area is 216 Å². The van der Waals surface area contributed by atoms with Crippen molar-refractivity contribution < 1.29 is 28.6 Å². The Morgan fingerprint density at radius 3 is 1.94 bits per heavy atom. The van der Waals surface area contributed by atoms with Crippen LogP contribution in [0.15, 0.2) is 60.7 Å². The van der Waals surface area contributed by atoms with Crippen LogP contribution < -0.4 is 24.8 Å². The van der Waals surface area contributed by atoms with Gasteiger partial charge in [0.2, 0.25) is 0 Å². The fourth-order valence-corrected chi connectivity index (χ4v) is 4.40. The number of benzene rings is 3. The zero-order chi connectivity index (χ0) is 25.5. The van der Waals surface area contributed by atoms with Crippen molar-refractivity contribution in [2.24, 2.45) is 11.8 Å². The summed E-state index contributed by atoms with van der Waals surface area (Å²) in [5.41, 5.74) is 2.29. The first-order valence-electron chi connectivity index (χ1n) is 11.7. The van der Waals surface area contributed by atoms with E-state index >= 15 is 0 Å². The molecule has 3 aromatic rings. The number of ether oxygens (including phenoxy) is 4. The number of carbonyl (C=O) groups is 1. The van der Waals surface area contributed by atoms with E-state index in [1.54, 1.807) is 26.4 Å². The molecule has 0 spiro atoms. The van der Waals surface area contributed by atoms with Crippen LogP contribution in [0.4, 0.5) is 0 Å². The van der Waals surface area contributed by atoms with Crippen LogP contribution in [-0.4, -0.2) is 26.1 Å². The molecule has 190 valence electrons. The van der Waals surface area contributed by atoms with Crippen molar-refractivity contribution in [1.29, 1.82) is 0 Å². The van der Waals surface area contributed by atoms with Crippen LogP contribution in [0, 0.1) is 5.92 Å². The van der Waals surface area contributed by atoms with Crippen molar-refractivity contribution in [3.05, 3.63) is 82.4 Å². The topological polar surface area (TPSA) is 89.2 Å². The standard InChI is InChI=1S/C28H30ClNO6/c1-32-21-7-3-18(4-8-21)16-34-26-12-11-24(25(31)15-20-13-23(14-20)36-30)27(29)28(26)35-17-19-5-9-22(33-2)10-6-19/h3-12,20,23H,13-17,30H2,1-2H3. The Balaban J connectivity index is 1.52. The Hall–Kier alpha value is -3.26. The van der Waals surface area contributed by atoms with Crippen molar-refractivity contribution in [2.75, 3.05) is 14.2 Å². The maximum atomic E-state index is 13.0. The van der Waals surface area contributed by atoms with E-state index in [1.165, 1.54) is 0 Å². The van der Waals surface area contributed by atoms with Crippen LogP contribution in [0.1, 0.15) is 40.7 Å². The molecule has 4 rings (SSSR count). The number of rotatable bonds is 12. The highest BCUT2D eigenvalue weighted by Crippen LogP contribution is 2.41. The molecule has 1 aliphatic rings. The van der Waals surface area contributed by atoms with Crippen LogP contribution in [-0.2, 0) is 18.1 Å². The monoisotopic (exact) mass is 511 g/mol. The van der Waals surface area contributed by atoms with Gasteiger partial charge < -0.3 is 23.8 Å². The second-order valence-electron chi connectivity index (χ2n) is 8.75. The summed E-state index contributed by atoms with van der Waals surface area (Å²) < 4.78 is 22.6. The average molecular weight is 512 g/mol. The molecule has 0 saturated heterocycles. The average Bonchev–Trinajstić information content (AvgIpc) is 2.89. The number of carbonyl (C=O) groups excluding carboxylic acids is 1. The predicted octanol–water partition coefficient (Wildman–Crippen LogP) is 5.76. The van der Waals surface area contributed by atoms with Gasteiger partial charge in [0.15, 0.2) is 17.3 Å². The summed E-state index contributed by atoms with van der Waals surface area (Å²) >= 11 is 6.74. The molecule has 0 atom stereocenters. The first-order valence-corrected chi connectivity index (χ1v) is 12.1. The fourth-order valence-electron chi connectivity index (χ4n) is 4.09. The number of Topliss-reactive ketones (excluding diaryl/α,β-unsaturated/α-hetero) is 1. The number of nitrogens with two attached hydrogens (primary N) is 1. The zero-order valence-corrected chi connectivity index (χ0v) is 21.1. The van der Waals surface area contributed by atoms with E-state index in [-0.39, 0.29) is 29.4 Å². The molecule has 36 heavy (non-hydrogen) atoms. The van der Waals surface area contributed by atoms with Crippen LogP contribution in [0.5, 0.6) is 23.0 Å². The minimum absolute atomic E-state index is 0.0235. The van der Waals surface area contributed by atoms with Gasteiger partial charge in [-0.2, -0.15) is 0 Å². The molecule has 1 aliphatic carbocycles. The Bertz CT molecular complexity index is 1160. The molecule has 2 N–H and O–H groups in total. The summed E-state index contributed by atoms with van der Waals surface area (Å²) in [4.78, 5) is 17.9. The van der Waals surface area contributed by atoms with Gasteiger partial charge in [0.05, 0.1) is 25.3 Å². The molecule has 0 aromatic heterocycles. The zero-order valence-electron chi connectivity index (χ0n) is 20.4. The second kappa shape index (κ2) is 12.1. The summed E-state index contributed by atoms with van der Waals surface area (Å²) in [7, 11) is 3.24. The Morgan fingerprint density at radius 1 is 0.861 bits per heavy atom. The van der Waals surface area contributed by atoms with E-state index in [1.807, 2.05) is 48.5 Å². The van der Waals surface area contributed by atoms with E-state index in [9.17, 15) is 4.79 Å². The maximum Gasteiger partial charge on any atom is 0.180 e. The molecule has 1 fully saturated rings. The predicted molar refractivity (Wildman–Crippen MR) is 137 cm³/mol. The SMILES string of the molecule is COc1ccc(COc2ccc(C(=O)CC3CC(ON)C3)c(Cl)c2OCc2ccc(OC)cc2)cc1. The fraction of sp³-hybridized carbons (Fsp3) is 0.321. The minimum atomic E-state index is -0.0449. The third kappa shape index (κ3) is 6.29. The minimum Gasteiger partial charge on any atom is -0.497 e. The van der Waals surface area contributed by atoms with Crippen LogP contribution in [0.2, 0.25) is 5.02 Å². The van der Waals surface area contributed by atoms with Gasteiger partial charge in [-0.3, -0.25) is 4.79 Å². The molecule has 3 aromatic carbocycles. The van der Waals surface area contributed by atoms with Crippen molar-refractivity contribution in [1.82, 2.24) is 0 Å². The molecule has 0 aliphatic heterocycles. The Morgan fingerprint density at radius 2 is 1.42 bits per heavy atom. The van der Waals surface area contributed by atoms with Gasteiger partial charge >= 0.3 is 0 Å². The largest absolute Gasteiger partial charge is 0.497 e. The van der Waals surface area contributed by atoms with Crippen molar-refractivity contribution in [3.63, 3.8) is 0 Å². The van der Waals surface area contributed by atoms with E-state index in [0.29, 0.717) is 30.1 Å². The lowest BCUT2D eigenvalue weighted by Crippen LogP contribution is -2.34. The van der Waals surface area contributed by atoms with Crippen molar-refractivity contribution in [3.8, 4) is 23.0 Å². The van der Waals surface area contributed by atoms with Gasteiger partial charge in [-0.25, -0.2) is 5.90 Å². The van der Waals surface area contributed by atoms with Gasteiger partial charge in [-0.05, 0) is 66.3 Å². The molecule has 0 bridgehead atoms. The van der Waals surface area contributed by atoms with Crippen molar-refractivity contribution >= 4 is 17.4 Å². The molecular formula is C28H30ClNO6. The number of halogens is 1. The van der Waals surface area contributed by atoms with Gasteiger partial charge in [-0.1, -0.05) is 35.9 Å². The number of ketones is 1. The summed E-state index contributed by atoms with van der Waals surface area (Å²) in [6.45, 7) is 0.549. The maximum absolute atomic E-state index is 13.0. The number of hydrogen-bond acceptors (Lipinski definition) is 7. The highest BCUT2D eigenvalue weighted by Gasteiger charge is 2.32. The van der Waals surface area contributed by atoms with Crippen LogP contribution >= 0.6 is 11.6 Å². The van der Waals surface area contributed by atoms with E-state index in [2.05, 4.69) is 0 Å². The second-order valence-corrected chi connectivity index (χ2v) is 9.13. The first kappa shape index (κ1) is 25.8. The highest BCUT2D eigenvalue weighted by molar-refractivity contribution is 6.35. The number of methoxy groups -OCH3 is 2. The quantitative estimate of drug-likeness (QED) is 0.244. The van der Waals surface area contributed by atoms with E-state index < -0.39 is 0 Å². The van der Waals surface area contributed by atoms with Gasteiger partial charge in [-0.15, -0.1) is 0 Å². The first-order chi connectivity index (χ1) is 17.5. The van der Waals surface area contributed by atoms with Crippen molar-refractivity contribution in [2.45, 2.75) is 38.6 Å². The normalized spacial score (nSPS) is 16.7. The Kier molecular flexibility index (Phi) is 8.70. The third-order valence-electron chi connectivity index (χ3n) is 6.32. The smallest absolute Gasteiger partial charge is 0.180 e. The molecule has 7 nitrogen and oxygen atoms in total. The molecule has 0 heterocycles. The summed E-state index contributed by atoms with van der Waals surface area (Å²) in [6.07, 6.45) is 1.94. The third-order valence-corrected chi connectivity index (χ3v) is 6.69. The lowest BCUT2D eigenvalue weighted by atomic mass is 9.78. The molecule has 8 heteroatoms. The summed E-state index contributed by atoms with van der Waals surface area (Å²) in [6, 6.07) is 18.6. The molecule has 0 radical (unpaired) electrons. The van der Waals surface area contributed by atoms with E-state index in [4.69, 9.17) is 41.3 Å². The highest BCUT2D eigenvalue weighted by atomic mass is 35.5. The lowest BCUT2D eigenvalue weighted by Gasteiger charge is -2.32. The van der Waals surface area contributed by atoms with Crippen LogP contribution in [0.25, 0.3) is 0 Å². The molecule has 0 amide bonds. The summed E-state index contributed by atoms with van der Waals surface area (Å²) in [5, 5.41) is 0.242. The summed E-state index contributed by atoms with van der Waals surface area (Å²) in [5.74, 6) is 7.74. The van der Waals surface area contributed by atoms with Gasteiger partial charge in [0.1, 0.15) is 24.7 Å². The van der Waals surface area contributed by atoms with Gasteiger partial charge in [0, 0.05) is 12.0 Å². The molecular weight excluding hydrogens is 482 g/mol. The lowest BCUT2D eigenvalue weighted by molar-refractivity contribution is -0.0322. The number of hydrogen-bond donors (Lipinski definition) is 1. The van der Waals surface area contributed by atoms with Gasteiger partial charge in [0.25, 0.3) is 0 Å². The molecule has 0 unspecified atom stereocenters. The molecule has 1 saturated carbocycles. The van der Waals surface area contributed by atoms with E-state index in [0.717, 1.165) is 35.5 Å².